The number of hydrogen-bond acceptors (Lipinski definition) is 5. The van der Waals surface area contributed by atoms with Gasteiger partial charge in [0.2, 0.25) is 0 Å². The van der Waals surface area contributed by atoms with Gasteiger partial charge in [-0.05, 0) is 48.9 Å². The number of Topliss-reactive ketones (excluding diaryl/α,β-unsaturated/α-hetero) is 1. The molecule has 0 saturated carbocycles. The van der Waals surface area contributed by atoms with E-state index in [1.165, 1.54) is 12.0 Å². The number of aliphatic hydroxyl groups is 1. The third-order valence-electron chi connectivity index (χ3n) is 4.77. The quantitative estimate of drug-likeness (QED) is 0.383. The van der Waals surface area contributed by atoms with Crippen molar-refractivity contribution in [3.63, 3.8) is 0 Å². The molecule has 1 fully saturated rings. The number of carbonyl (C=O) groups excluding carboxylic acids is 2. The Balaban J connectivity index is 2.12. The minimum Gasteiger partial charge on any atom is -0.507 e. The third kappa shape index (κ3) is 4.31. The highest BCUT2D eigenvalue weighted by molar-refractivity contribution is 6.46. The number of likely N-dealkylation sites (tertiary alicyclic amines) is 1. The van der Waals surface area contributed by atoms with Gasteiger partial charge in [0.05, 0.1) is 34.9 Å². The number of halogens is 2. The lowest BCUT2D eigenvalue weighted by Gasteiger charge is -2.25. The summed E-state index contributed by atoms with van der Waals surface area (Å²) in [5, 5.41) is 11.6. The minimum absolute atomic E-state index is 0.0151. The lowest BCUT2D eigenvalue weighted by atomic mass is 9.95. The van der Waals surface area contributed by atoms with Crippen molar-refractivity contribution in [1.29, 1.82) is 0 Å². The molecule has 3 rings (SSSR count). The summed E-state index contributed by atoms with van der Waals surface area (Å²) in [4.78, 5) is 27.0. The van der Waals surface area contributed by atoms with E-state index in [-0.39, 0.29) is 29.5 Å². The second-order valence-corrected chi connectivity index (χ2v) is 7.43. The molecule has 1 atom stereocenters. The fourth-order valence-electron chi connectivity index (χ4n) is 3.36. The molecular formula is C22H21Cl2NO5. The van der Waals surface area contributed by atoms with E-state index in [1.807, 2.05) is 6.92 Å². The maximum atomic E-state index is 12.9. The molecule has 0 aromatic heterocycles. The van der Waals surface area contributed by atoms with Crippen molar-refractivity contribution in [2.24, 2.45) is 0 Å². The molecule has 0 spiro atoms. The van der Waals surface area contributed by atoms with Crippen molar-refractivity contribution in [3.8, 4) is 5.75 Å². The normalized spacial score (nSPS) is 18.1. The topological polar surface area (TPSA) is 76.1 Å². The van der Waals surface area contributed by atoms with E-state index in [1.54, 1.807) is 42.5 Å². The average molecular weight is 450 g/mol. The molecule has 30 heavy (non-hydrogen) atoms. The summed E-state index contributed by atoms with van der Waals surface area (Å²) >= 11 is 12.2. The van der Waals surface area contributed by atoms with Gasteiger partial charge in [0.25, 0.3) is 11.7 Å². The van der Waals surface area contributed by atoms with Crippen LogP contribution in [-0.2, 0) is 14.3 Å². The van der Waals surface area contributed by atoms with Crippen LogP contribution in [-0.4, -0.2) is 48.6 Å². The van der Waals surface area contributed by atoms with Gasteiger partial charge >= 0.3 is 0 Å². The minimum atomic E-state index is -0.818. The Labute approximate surface area is 184 Å². The number of ether oxygens (including phenoxy) is 2. The number of amides is 1. The fourth-order valence-corrected chi connectivity index (χ4v) is 3.67. The van der Waals surface area contributed by atoms with E-state index in [9.17, 15) is 14.7 Å². The maximum Gasteiger partial charge on any atom is 0.295 e. The average Bonchev–Trinajstić information content (AvgIpc) is 2.99. The summed E-state index contributed by atoms with van der Waals surface area (Å²) < 4.78 is 10.5. The number of aliphatic hydroxyl groups excluding tert-OH is 1. The molecule has 0 bridgehead atoms. The summed E-state index contributed by atoms with van der Waals surface area (Å²) in [5.41, 5.74) is 0.944. The molecule has 1 heterocycles. The monoisotopic (exact) mass is 449 g/mol. The van der Waals surface area contributed by atoms with Crippen LogP contribution in [0.3, 0.4) is 0 Å². The largest absolute Gasteiger partial charge is 0.507 e. The molecule has 0 unspecified atom stereocenters. The number of benzene rings is 2. The zero-order valence-electron chi connectivity index (χ0n) is 16.5. The van der Waals surface area contributed by atoms with Gasteiger partial charge in [-0.1, -0.05) is 29.3 Å². The number of hydrogen-bond donors (Lipinski definition) is 1. The van der Waals surface area contributed by atoms with Crippen molar-refractivity contribution >= 4 is 40.7 Å². The van der Waals surface area contributed by atoms with Crippen molar-refractivity contribution in [2.45, 2.75) is 13.0 Å². The Morgan fingerprint density at radius 1 is 1.10 bits per heavy atom. The first-order valence-electron chi connectivity index (χ1n) is 9.34. The number of rotatable bonds is 7. The molecule has 1 aliphatic rings. The van der Waals surface area contributed by atoms with E-state index in [2.05, 4.69) is 0 Å². The Morgan fingerprint density at radius 2 is 1.80 bits per heavy atom. The molecule has 1 aliphatic heterocycles. The fraction of sp³-hybridized carbons (Fsp3) is 0.273. The van der Waals surface area contributed by atoms with Gasteiger partial charge in [-0.2, -0.15) is 0 Å². The Hall–Kier alpha value is -2.54. The molecule has 0 aliphatic carbocycles. The lowest BCUT2D eigenvalue weighted by molar-refractivity contribution is -0.140. The molecule has 2 aromatic rings. The number of nitrogens with zero attached hydrogens (tertiary/aromatic N) is 1. The standard InChI is InChI=1S/C22H21Cl2NO5/c1-3-30-15-7-4-13(5-8-15)20(26)18-19(14-6-9-16(23)17(24)12-14)25(10-11-29-2)22(28)21(18)27/h4-9,12,19,26H,3,10-11H2,1-2H3/t19-/m1/s1. The zero-order valence-corrected chi connectivity index (χ0v) is 18.0. The second kappa shape index (κ2) is 9.51. The molecular weight excluding hydrogens is 429 g/mol. The van der Waals surface area contributed by atoms with Gasteiger partial charge in [0, 0.05) is 19.2 Å². The van der Waals surface area contributed by atoms with E-state index in [0.29, 0.717) is 28.5 Å². The number of methoxy groups -OCH3 is 1. The van der Waals surface area contributed by atoms with Crippen LogP contribution in [0, 0.1) is 0 Å². The van der Waals surface area contributed by atoms with Gasteiger partial charge in [0.15, 0.2) is 0 Å². The second-order valence-electron chi connectivity index (χ2n) is 6.62. The van der Waals surface area contributed by atoms with E-state index < -0.39 is 17.7 Å². The van der Waals surface area contributed by atoms with Crippen molar-refractivity contribution in [3.05, 3.63) is 69.2 Å². The van der Waals surface area contributed by atoms with Gasteiger partial charge < -0.3 is 19.5 Å². The van der Waals surface area contributed by atoms with Crippen LogP contribution in [0.15, 0.2) is 48.0 Å². The predicted molar refractivity (Wildman–Crippen MR) is 115 cm³/mol. The van der Waals surface area contributed by atoms with E-state index >= 15 is 0 Å². The number of ketones is 1. The van der Waals surface area contributed by atoms with Crippen LogP contribution in [0.2, 0.25) is 10.0 Å². The van der Waals surface area contributed by atoms with E-state index in [4.69, 9.17) is 32.7 Å². The first-order valence-corrected chi connectivity index (χ1v) is 10.1. The third-order valence-corrected chi connectivity index (χ3v) is 5.51. The summed E-state index contributed by atoms with van der Waals surface area (Å²) in [7, 11) is 1.50. The van der Waals surface area contributed by atoms with Crippen LogP contribution in [0.25, 0.3) is 5.76 Å². The molecule has 0 radical (unpaired) electrons. The van der Waals surface area contributed by atoms with Crippen molar-refractivity contribution < 1.29 is 24.2 Å². The molecule has 1 amide bonds. The molecule has 158 valence electrons. The molecule has 6 nitrogen and oxygen atoms in total. The maximum absolute atomic E-state index is 12.9. The Morgan fingerprint density at radius 3 is 2.40 bits per heavy atom. The van der Waals surface area contributed by atoms with Gasteiger partial charge in [-0.3, -0.25) is 9.59 Å². The van der Waals surface area contributed by atoms with Crippen LogP contribution in [0.1, 0.15) is 24.1 Å². The summed E-state index contributed by atoms with van der Waals surface area (Å²) in [6.07, 6.45) is 0. The van der Waals surface area contributed by atoms with Gasteiger partial charge in [-0.15, -0.1) is 0 Å². The van der Waals surface area contributed by atoms with Crippen LogP contribution in [0.5, 0.6) is 5.75 Å². The van der Waals surface area contributed by atoms with Crippen LogP contribution >= 0.6 is 23.2 Å². The highest BCUT2D eigenvalue weighted by Gasteiger charge is 2.46. The SMILES string of the molecule is CCOc1ccc(C(O)=C2C(=O)C(=O)N(CCOC)[C@@H]2c2ccc(Cl)c(Cl)c2)cc1. The summed E-state index contributed by atoms with van der Waals surface area (Å²) in [5.74, 6) is -1.12. The highest BCUT2D eigenvalue weighted by atomic mass is 35.5. The van der Waals surface area contributed by atoms with Crippen molar-refractivity contribution in [2.75, 3.05) is 26.9 Å². The predicted octanol–water partition coefficient (Wildman–Crippen LogP) is 4.46. The van der Waals surface area contributed by atoms with Gasteiger partial charge in [-0.25, -0.2) is 0 Å². The zero-order chi connectivity index (χ0) is 21.8. The highest BCUT2D eigenvalue weighted by Crippen LogP contribution is 2.40. The molecule has 1 N–H and O–H groups in total. The number of carbonyl (C=O) groups is 2. The molecule has 8 heteroatoms. The Bertz CT molecular complexity index is 988. The van der Waals surface area contributed by atoms with Gasteiger partial charge in [0.1, 0.15) is 11.5 Å². The molecule has 2 aromatic carbocycles. The van der Waals surface area contributed by atoms with Crippen LogP contribution < -0.4 is 4.74 Å². The lowest BCUT2D eigenvalue weighted by Crippen LogP contribution is -2.32. The van der Waals surface area contributed by atoms with Crippen LogP contribution in [0.4, 0.5) is 0 Å². The first kappa shape index (κ1) is 22.2. The molecule has 1 saturated heterocycles. The van der Waals surface area contributed by atoms with E-state index in [0.717, 1.165) is 0 Å². The first-order chi connectivity index (χ1) is 14.4. The summed E-state index contributed by atoms with van der Waals surface area (Å²) in [6, 6.07) is 10.7. The smallest absolute Gasteiger partial charge is 0.295 e. The summed E-state index contributed by atoms with van der Waals surface area (Å²) in [6.45, 7) is 2.78. The van der Waals surface area contributed by atoms with Crippen molar-refractivity contribution in [1.82, 2.24) is 4.90 Å². The Kier molecular flexibility index (Phi) is 7.02.